The number of nitriles is 1. The summed E-state index contributed by atoms with van der Waals surface area (Å²) in [4.78, 5) is 1.26. The first-order valence-electron chi connectivity index (χ1n) is 5.31. The molecule has 2 aromatic rings. The van der Waals surface area contributed by atoms with Crippen molar-refractivity contribution in [3.8, 4) is 6.07 Å². The molecule has 0 fully saturated rings. The zero-order valence-electron chi connectivity index (χ0n) is 9.58. The third-order valence-electron chi connectivity index (χ3n) is 2.49. The molecule has 1 aromatic carbocycles. The Kier molecular flexibility index (Phi) is 4.44. The Morgan fingerprint density at radius 1 is 1.28 bits per heavy atom. The summed E-state index contributed by atoms with van der Waals surface area (Å²) >= 11 is 8.65. The molecule has 0 saturated carbocycles. The molecule has 0 aliphatic rings. The normalized spacial score (nSPS) is 11.9. The molecule has 2 nitrogen and oxygen atoms in total. The minimum atomic E-state index is 0.227. The van der Waals surface area contributed by atoms with Crippen molar-refractivity contribution in [1.82, 2.24) is 0 Å². The van der Waals surface area contributed by atoms with E-state index in [1.54, 1.807) is 11.3 Å². The van der Waals surface area contributed by atoms with Crippen LogP contribution in [-0.2, 0) is 0 Å². The van der Waals surface area contributed by atoms with E-state index >= 15 is 0 Å². The lowest BCUT2D eigenvalue weighted by molar-refractivity contribution is 0.907. The molecule has 2 rings (SSSR count). The molecule has 1 N–H and O–H groups in total. The average Bonchev–Trinajstić information content (AvgIpc) is 2.78. The van der Waals surface area contributed by atoms with Crippen LogP contribution in [0.4, 0.5) is 5.69 Å². The van der Waals surface area contributed by atoms with Gasteiger partial charge in [0, 0.05) is 15.0 Å². The Morgan fingerprint density at radius 3 is 2.61 bits per heavy atom. The van der Waals surface area contributed by atoms with Crippen molar-refractivity contribution in [2.45, 2.75) is 13.0 Å². The number of halogens is 2. The molecule has 1 unspecified atom stereocenters. The molecule has 1 atom stereocenters. The van der Waals surface area contributed by atoms with Crippen molar-refractivity contribution in [2.24, 2.45) is 0 Å². The van der Waals surface area contributed by atoms with Gasteiger partial charge in [-0.3, -0.25) is 0 Å². The number of rotatable bonds is 3. The van der Waals surface area contributed by atoms with Crippen LogP contribution in [0.1, 0.15) is 23.4 Å². The molecule has 0 radical (unpaired) electrons. The molecule has 1 heterocycles. The van der Waals surface area contributed by atoms with E-state index in [2.05, 4.69) is 56.2 Å². The number of anilines is 1. The van der Waals surface area contributed by atoms with Crippen molar-refractivity contribution in [3.63, 3.8) is 0 Å². The van der Waals surface area contributed by atoms with Gasteiger partial charge in [0.25, 0.3) is 0 Å². The van der Waals surface area contributed by atoms with Crippen LogP contribution in [0.2, 0.25) is 0 Å². The first-order chi connectivity index (χ1) is 8.60. The van der Waals surface area contributed by atoms with E-state index in [0.29, 0.717) is 5.56 Å². The topological polar surface area (TPSA) is 35.8 Å². The first kappa shape index (κ1) is 13.6. The van der Waals surface area contributed by atoms with E-state index in [4.69, 9.17) is 5.26 Å². The van der Waals surface area contributed by atoms with E-state index in [1.807, 2.05) is 24.3 Å². The number of nitrogens with one attached hydrogen (secondary N) is 1. The van der Waals surface area contributed by atoms with Crippen LogP contribution in [0.25, 0.3) is 0 Å². The van der Waals surface area contributed by atoms with Crippen LogP contribution < -0.4 is 5.32 Å². The zero-order chi connectivity index (χ0) is 13.1. The highest BCUT2D eigenvalue weighted by molar-refractivity contribution is 9.11. The van der Waals surface area contributed by atoms with E-state index in [0.717, 1.165) is 13.9 Å². The third-order valence-corrected chi connectivity index (χ3v) is 4.95. The number of hydrogen-bond acceptors (Lipinski definition) is 3. The summed E-state index contributed by atoms with van der Waals surface area (Å²) in [6.45, 7) is 2.11. The molecule has 5 heteroatoms. The highest BCUT2D eigenvalue weighted by Crippen LogP contribution is 2.31. The molecule has 0 amide bonds. The second kappa shape index (κ2) is 5.87. The number of nitrogens with zero attached hydrogens (tertiary/aromatic N) is 1. The Balaban J connectivity index is 2.17. The lowest BCUT2D eigenvalue weighted by Gasteiger charge is -2.15. The number of hydrogen-bond donors (Lipinski definition) is 1. The van der Waals surface area contributed by atoms with Crippen molar-refractivity contribution >= 4 is 48.9 Å². The quantitative estimate of drug-likeness (QED) is 0.776. The van der Waals surface area contributed by atoms with Gasteiger partial charge in [-0.25, -0.2) is 0 Å². The van der Waals surface area contributed by atoms with Crippen LogP contribution >= 0.6 is 43.2 Å². The summed E-state index contributed by atoms with van der Waals surface area (Å²) in [5.41, 5.74) is 1.64. The SMILES string of the molecule is CC(Nc1ccc(C#N)cc1Br)c1ccc(Br)s1. The van der Waals surface area contributed by atoms with Crippen LogP contribution in [-0.4, -0.2) is 0 Å². The Labute approximate surface area is 127 Å². The van der Waals surface area contributed by atoms with Gasteiger partial charge < -0.3 is 5.32 Å². The summed E-state index contributed by atoms with van der Waals surface area (Å²) in [5, 5.41) is 12.2. The second-order valence-electron chi connectivity index (χ2n) is 3.81. The van der Waals surface area contributed by atoms with E-state index in [1.165, 1.54) is 4.88 Å². The van der Waals surface area contributed by atoms with Gasteiger partial charge in [0.15, 0.2) is 0 Å². The largest absolute Gasteiger partial charge is 0.377 e. The van der Waals surface area contributed by atoms with Crippen LogP contribution in [0, 0.1) is 11.3 Å². The van der Waals surface area contributed by atoms with E-state index in [9.17, 15) is 0 Å². The van der Waals surface area contributed by atoms with Crippen molar-refractivity contribution in [2.75, 3.05) is 5.32 Å². The standard InChI is InChI=1S/C13H10Br2N2S/c1-8(12-4-5-13(15)18-12)17-11-3-2-9(7-16)6-10(11)14/h2-6,8,17H,1H3. The predicted octanol–water partition coefficient (Wildman–Crippen LogP) is 5.32. The predicted molar refractivity (Wildman–Crippen MR) is 82.9 cm³/mol. The van der Waals surface area contributed by atoms with Crippen molar-refractivity contribution in [3.05, 3.63) is 49.0 Å². The Hall–Kier alpha value is -0.830. The summed E-state index contributed by atoms with van der Waals surface area (Å²) in [7, 11) is 0. The van der Waals surface area contributed by atoms with E-state index in [-0.39, 0.29) is 6.04 Å². The minimum absolute atomic E-state index is 0.227. The molecule has 0 spiro atoms. The fourth-order valence-electron chi connectivity index (χ4n) is 1.57. The first-order valence-corrected chi connectivity index (χ1v) is 7.72. The number of benzene rings is 1. The smallest absolute Gasteiger partial charge is 0.0992 e. The third kappa shape index (κ3) is 3.14. The summed E-state index contributed by atoms with van der Waals surface area (Å²) in [6.07, 6.45) is 0. The van der Waals surface area contributed by atoms with Gasteiger partial charge in [-0.1, -0.05) is 0 Å². The fourth-order valence-corrected chi connectivity index (χ4v) is 3.49. The van der Waals surface area contributed by atoms with Gasteiger partial charge in [-0.05, 0) is 69.1 Å². The van der Waals surface area contributed by atoms with Gasteiger partial charge in [0.05, 0.1) is 21.5 Å². The molecular weight excluding hydrogens is 376 g/mol. The lowest BCUT2D eigenvalue weighted by Crippen LogP contribution is -2.05. The van der Waals surface area contributed by atoms with Gasteiger partial charge in [0.2, 0.25) is 0 Å². The van der Waals surface area contributed by atoms with Gasteiger partial charge in [-0.2, -0.15) is 5.26 Å². The summed E-state index contributed by atoms with van der Waals surface area (Å²) in [6, 6.07) is 12.0. The summed E-state index contributed by atoms with van der Waals surface area (Å²) < 4.78 is 2.04. The Bertz CT molecular complexity index is 601. The van der Waals surface area contributed by atoms with Crippen molar-refractivity contribution < 1.29 is 0 Å². The zero-order valence-corrected chi connectivity index (χ0v) is 13.6. The molecule has 0 bridgehead atoms. The molecule has 92 valence electrons. The maximum Gasteiger partial charge on any atom is 0.0992 e. The average molecular weight is 386 g/mol. The van der Waals surface area contributed by atoms with Crippen LogP contribution in [0.3, 0.4) is 0 Å². The van der Waals surface area contributed by atoms with Crippen molar-refractivity contribution in [1.29, 1.82) is 5.26 Å². The Morgan fingerprint density at radius 2 is 2.06 bits per heavy atom. The van der Waals surface area contributed by atoms with Crippen LogP contribution in [0.15, 0.2) is 38.6 Å². The van der Waals surface area contributed by atoms with E-state index < -0.39 is 0 Å². The maximum atomic E-state index is 8.82. The highest BCUT2D eigenvalue weighted by Gasteiger charge is 2.10. The molecular formula is C13H10Br2N2S. The fraction of sp³-hybridized carbons (Fsp3) is 0.154. The maximum absolute atomic E-state index is 8.82. The summed E-state index contributed by atoms with van der Waals surface area (Å²) in [5.74, 6) is 0. The van der Waals surface area contributed by atoms with Gasteiger partial charge >= 0.3 is 0 Å². The molecule has 18 heavy (non-hydrogen) atoms. The molecule has 0 aliphatic carbocycles. The molecule has 1 aromatic heterocycles. The highest BCUT2D eigenvalue weighted by atomic mass is 79.9. The van der Waals surface area contributed by atoms with Gasteiger partial charge in [0.1, 0.15) is 0 Å². The van der Waals surface area contributed by atoms with Gasteiger partial charge in [-0.15, -0.1) is 11.3 Å². The molecule has 0 aliphatic heterocycles. The second-order valence-corrected chi connectivity index (χ2v) is 7.16. The minimum Gasteiger partial charge on any atom is -0.377 e. The number of thiophene rings is 1. The monoisotopic (exact) mass is 384 g/mol. The molecule has 0 saturated heterocycles. The lowest BCUT2D eigenvalue weighted by atomic mass is 10.2. The van der Waals surface area contributed by atoms with Crippen LogP contribution in [0.5, 0.6) is 0 Å².